The second-order valence-corrected chi connectivity index (χ2v) is 8.87. The molecule has 1 amide bonds. The van der Waals surface area contributed by atoms with Crippen molar-refractivity contribution in [1.82, 2.24) is 9.78 Å². The zero-order chi connectivity index (χ0) is 21.6. The Morgan fingerprint density at radius 1 is 1.27 bits per heavy atom. The summed E-state index contributed by atoms with van der Waals surface area (Å²) in [6.45, 7) is 3.94. The molecule has 1 aliphatic heterocycles. The van der Waals surface area contributed by atoms with Crippen LogP contribution in [-0.4, -0.2) is 24.8 Å². The van der Waals surface area contributed by atoms with Gasteiger partial charge in [-0.1, -0.05) is 23.7 Å². The maximum Gasteiger partial charge on any atom is 0.288 e. The van der Waals surface area contributed by atoms with Gasteiger partial charge in [0.15, 0.2) is 0 Å². The Balaban J connectivity index is 1.78. The fraction of sp³-hybridized carbons (Fsp3) is 0.200. The monoisotopic (exact) mass is 444 g/mol. The number of nitro groups is 1. The quantitative estimate of drug-likeness (QED) is 0.482. The number of rotatable bonds is 4. The standard InChI is InChI=1S/C20H17ClN4O4S/c1-11-4-3-5-17(12(11)2)24-19(14-9-30(29)10-16(14)23-24)22-20(26)13-6-7-15(21)18(8-13)25(27)28/h3-8H,9-10H2,1-2H3,(H,22,26)/t30-/m0/s1. The lowest BCUT2D eigenvalue weighted by Crippen LogP contribution is -2.17. The number of amides is 1. The minimum Gasteiger partial charge on any atom is -0.306 e. The molecule has 0 spiro atoms. The van der Waals surface area contributed by atoms with Crippen molar-refractivity contribution in [2.24, 2.45) is 0 Å². The fourth-order valence-electron chi connectivity index (χ4n) is 3.37. The number of anilines is 1. The van der Waals surface area contributed by atoms with E-state index in [4.69, 9.17) is 11.6 Å². The molecule has 0 unspecified atom stereocenters. The van der Waals surface area contributed by atoms with Crippen LogP contribution in [0, 0.1) is 24.0 Å². The summed E-state index contributed by atoms with van der Waals surface area (Å²) in [5, 5.41) is 18.5. The van der Waals surface area contributed by atoms with Gasteiger partial charge in [0.1, 0.15) is 10.8 Å². The van der Waals surface area contributed by atoms with E-state index in [9.17, 15) is 19.1 Å². The van der Waals surface area contributed by atoms with Crippen molar-refractivity contribution < 1.29 is 13.9 Å². The summed E-state index contributed by atoms with van der Waals surface area (Å²) in [5.41, 5.74) is 3.99. The van der Waals surface area contributed by atoms with Crippen LogP contribution in [0.15, 0.2) is 36.4 Å². The molecular formula is C20H17ClN4O4S. The van der Waals surface area contributed by atoms with Crippen LogP contribution in [0.1, 0.15) is 32.7 Å². The van der Waals surface area contributed by atoms with Crippen LogP contribution in [0.4, 0.5) is 11.5 Å². The molecule has 0 fully saturated rings. The number of benzene rings is 2. The van der Waals surface area contributed by atoms with Gasteiger partial charge < -0.3 is 5.32 Å². The largest absolute Gasteiger partial charge is 0.306 e. The molecule has 10 heteroatoms. The van der Waals surface area contributed by atoms with Gasteiger partial charge in [-0.3, -0.25) is 19.1 Å². The van der Waals surface area contributed by atoms with Crippen LogP contribution in [-0.2, 0) is 22.3 Å². The maximum atomic E-state index is 12.9. The van der Waals surface area contributed by atoms with Crippen molar-refractivity contribution in [2.45, 2.75) is 25.4 Å². The molecular weight excluding hydrogens is 428 g/mol. The molecule has 1 atom stereocenters. The summed E-state index contributed by atoms with van der Waals surface area (Å²) in [7, 11) is -1.08. The lowest BCUT2D eigenvalue weighted by atomic mass is 10.1. The van der Waals surface area contributed by atoms with Crippen molar-refractivity contribution in [1.29, 1.82) is 0 Å². The minimum absolute atomic E-state index is 0.0479. The highest BCUT2D eigenvalue weighted by molar-refractivity contribution is 7.83. The highest BCUT2D eigenvalue weighted by atomic mass is 35.5. The summed E-state index contributed by atoms with van der Waals surface area (Å²) in [4.78, 5) is 23.4. The molecule has 1 aromatic heterocycles. The molecule has 3 aromatic rings. The van der Waals surface area contributed by atoms with Gasteiger partial charge in [-0.15, -0.1) is 0 Å². The average molecular weight is 445 g/mol. The van der Waals surface area contributed by atoms with E-state index in [1.807, 2.05) is 32.0 Å². The van der Waals surface area contributed by atoms with E-state index in [0.29, 0.717) is 22.8 Å². The Morgan fingerprint density at radius 2 is 2.03 bits per heavy atom. The van der Waals surface area contributed by atoms with Crippen LogP contribution in [0.3, 0.4) is 0 Å². The number of aryl methyl sites for hydroxylation is 1. The van der Waals surface area contributed by atoms with Gasteiger partial charge in [-0.05, 0) is 43.2 Å². The normalized spacial score (nSPS) is 15.1. The van der Waals surface area contributed by atoms with Gasteiger partial charge >= 0.3 is 0 Å². The van der Waals surface area contributed by atoms with Gasteiger partial charge in [0, 0.05) is 28.0 Å². The Kier molecular flexibility index (Phi) is 5.17. The van der Waals surface area contributed by atoms with Crippen LogP contribution in [0.25, 0.3) is 5.69 Å². The van der Waals surface area contributed by atoms with E-state index in [-0.39, 0.29) is 22.0 Å². The van der Waals surface area contributed by atoms with Gasteiger partial charge in [-0.2, -0.15) is 5.10 Å². The van der Waals surface area contributed by atoms with E-state index in [1.165, 1.54) is 12.1 Å². The number of nitro benzene ring substituents is 1. The molecule has 1 N–H and O–H groups in total. The maximum absolute atomic E-state index is 12.9. The predicted molar refractivity (Wildman–Crippen MR) is 115 cm³/mol. The van der Waals surface area contributed by atoms with E-state index in [1.54, 1.807) is 4.68 Å². The van der Waals surface area contributed by atoms with Crippen molar-refractivity contribution in [3.63, 3.8) is 0 Å². The van der Waals surface area contributed by atoms with E-state index in [0.717, 1.165) is 22.9 Å². The summed E-state index contributed by atoms with van der Waals surface area (Å²) in [6.07, 6.45) is 0. The van der Waals surface area contributed by atoms with Crippen molar-refractivity contribution in [3.05, 3.63) is 79.5 Å². The minimum atomic E-state index is -1.08. The Labute approximate surface area is 179 Å². The first-order valence-corrected chi connectivity index (χ1v) is 10.9. The average Bonchev–Trinajstić information content (AvgIpc) is 3.21. The zero-order valence-electron chi connectivity index (χ0n) is 16.1. The van der Waals surface area contributed by atoms with Crippen molar-refractivity contribution in [3.8, 4) is 5.69 Å². The molecule has 4 rings (SSSR count). The van der Waals surface area contributed by atoms with Gasteiger partial charge in [-0.25, -0.2) is 4.68 Å². The number of hydrogen-bond donors (Lipinski definition) is 1. The van der Waals surface area contributed by atoms with Crippen LogP contribution < -0.4 is 5.32 Å². The molecule has 8 nitrogen and oxygen atoms in total. The van der Waals surface area contributed by atoms with E-state index in [2.05, 4.69) is 10.4 Å². The van der Waals surface area contributed by atoms with Gasteiger partial charge in [0.25, 0.3) is 11.6 Å². The predicted octanol–water partition coefficient (Wildman–Crippen LogP) is 4.07. The lowest BCUT2D eigenvalue weighted by Gasteiger charge is -2.14. The molecule has 2 aromatic carbocycles. The third-order valence-electron chi connectivity index (χ3n) is 5.11. The second kappa shape index (κ2) is 7.66. The summed E-state index contributed by atoms with van der Waals surface area (Å²) in [6, 6.07) is 9.64. The summed E-state index contributed by atoms with van der Waals surface area (Å²) < 4.78 is 13.7. The number of fused-ring (bicyclic) bond motifs is 1. The van der Waals surface area contributed by atoms with Crippen molar-refractivity contribution >= 4 is 39.8 Å². The second-order valence-electron chi connectivity index (χ2n) is 7.01. The highest BCUT2D eigenvalue weighted by Gasteiger charge is 2.29. The third kappa shape index (κ3) is 3.50. The Morgan fingerprint density at radius 3 is 2.77 bits per heavy atom. The molecule has 0 bridgehead atoms. The molecule has 0 saturated carbocycles. The number of carbonyl (C=O) groups is 1. The molecule has 154 valence electrons. The molecule has 0 aliphatic carbocycles. The Hall–Kier alpha value is -3.04. The number of carbonyl (C=O) groups excluding carboxylic acids is 1. The number of aromatic nitrogens is 2. The number of hydrogen-bond acceptors (Lipinski definition) is 5. The topological polar surface area (TPSA) is 107 Å². The van der Waals surface area contributed by atoms with E-state index >= 15 is 0 Å². The molecule has 0 saturated heterocycles. The summed E-state index contributed by atoms with van der Waals surface area (Å²) in [5.74, 6) is 0.493. The third-order valence-corrected chi connectivity index (χ3v) is 6.64. The first-order valence-electron chi connectivity index (χ1n) is 9.04. The molecule has 0 radical (unpaired) electrons. The smallest absolute Gasteiger partial charge is 0.288 e. The number of nitrogens with zero attached hydrogens (tertiary/aromatic N) is 3. The summed E-state index contributed by atoms with van der Waals surface area (Å²) >= 11 is 5.85. The van der Waals surface area contributed by atoms with Crippen LogP contribution in [0.5, 0.6) is 0 Å². The molecule has 1 aliphatic rings. The first kappa shape index (κ1) is 20.2. The molecule has 2 heterocycles. The SMILES string of the molecule is Cc1cccc(-n2nc3c(c2NC(=O)c2ccc(Cl)c([N+](=O)[O-])c2)C[S@](=O)C3)c1C. The number of nitrogens with one attached hydrogen (secondary N) is 1. The van der Waals surface area contributed by atoms with Crippen molar-refractivity contribution in [2.75, 3.05) is 5.32 Å². The lowest BCUT2D eigenvalue weighted by molar-refractivity contribution is -0.384. The number of halogens is 1. The highest BCUT2D eigenvalue weighted by Crippen LogP contribution is 2.33. The molecule has 30 heavy (non-hydrogen) atoms. The zero-order valence-corrected chi connectivity index (χ0v) is 17.7. The van der Waals surface area contributed by atoms with Crippen LogP contribution in [0.2, 0.25) is 5.02 Å². The first-order chi connectivity index (χ1) is 14.3. The Bertz CT molecular complexity index is 1240. The van der Waals surface area contributed by atoms with Crippen LogP contribution >= 0.6 is 11.6 Å². The van der Waals surface area contributed by atoms with E-state index < -0.39 is 21.6 Å². The van der Waals surface area contributed by atoms with Gasteiger partial charge in [0.05, 0.1) is 27.8 Å². The van der Waals surface area contributed by atoms with Gasteiger partial charge in [0.2, 0.25) is 0 Å². The fourth-order valence-corrected chi connectivity index (χ4v) is 4.82.